The van der Waals surface area contributed by atoms with Crippen LogP contribution in [0.2, 0.25) is 0 Å². The first kappa shape index (κ1) is 31.4. The number of esters is 3. The maximum Gasteiger partial charge on any atom is 0.305 e. The third-order valence-corrected chi connectivity index (χ3v) is 6.07. The van der Waals surface area contributed by atoms with E-state index < -0.39 is 5.41 Å². The molecular weight excluding hydrogens is 420 g/mol. The second-order valence-corrected chi connectivity index (χ2v) is 9.27. The van der Waals surface area contributed by atoms with Crippen LogP contribution in [-0.4, -0.2) is 37.7 Å². The van der Waals surface area contributed by atoms with Crippen molar-refractivity contribution in [3.05, 3.63) is 0 Å². The smallest absolute Gasteiger partial charge is 0.305 e. The Morgan fingerprint density at radius 1 is 0.485 bits per heavy atom. The van der Waals surface area contributed by atoms with E-state index in [0.717, 1.165) is 77.0 Å². The van der Waals surface area contributed by atoms with Gasteiger partial charge in [-0.1, -0.05) is 85.5 Å². The second kappa shape index (κ2) is 21.0. The van der Waals surface area contributed by atoms with Gasteiger partial charge >= 0.3 is 17.9 Å². The maximum atomic E-state index is 12.2. The van der Waals surface area contributed by atoms with E-state index in [2.05, 4.69) is 20.8 Å². The van der Waals surface area contributed by atoms with Gasteiger partial charge in [-0.05, 0) is 25.7 Å². The van der Waals surface area contributed by atoms with E-state index in [1.54, 1.807) is 0 Å². The van der Waals surface area contributed by atoms with Gasteiger partial charge in [0.1, 0.15) is 19.8 Å². The van der Waals surface area contributed by atoms with Gasteiger partial charge in [-0.25, -0.2) is 0 Å². The van der Waals surface area contributed by atoms with E-state index in [0.29, 0.717) is 25.7 Å². The third-order valence-electron chi connectivity index (χ3n) is 6.07. The normalized spacial score (nSPS) is 11.3. The molecule has 0 aliphatic rings. The summed E-state index contributed by atoms with van der Waals surface area (Å²) >= 11 is 0. The Balaban J connectivity index is 4.78. The van der Waals surface area contributed by atoms with Crippen LogP contribution < -0.4 is 0 Å². The lowest BCUT2D eigenvalue weighted by atomic mass is 9.88. The van der Waals surface area contributed by atoms with Crippen LogP contribution in [0.4, 0.5) is 0 Å². The minimum absolute atomic E-state index is 0.0857. The highest BCUT2D eigenvalue weighted by atomic mass is 16.6. The molecule has 0 N–H and O–H groups in total. The Hall–Kier alpha value is -1.59. The van der Waals surface area contributed by atoms with Crippen LogP contribution in [-0.2, 0) is 28.6 Å². The lowest BCUT2D eigenvalue weighted by molar-refractivity contribution is -0.162. The Morgan fingerprint density at radius 3 is 1.03 bits per heavy atom. The summed E-state index contributed by atoms with van der Waals surface area (Å²) < 4.78 is 16.6. The standard InChI is InChI=1S/C27H50O6/c1-5-9-12-15-18-24(28)31-21-27(8-4,22-32-25(29)19-16-13-10-6-2)23-33-26(30)20-17-14-11-7-3/h5-23H2,1-4H3. The van der Waals surface area contributed by atoms with Gasteiger partial charge in [0.05, 0.1) is 5.41 Å². The Labute approximate surface area is 202 Å². The average Bonchev–Trinajstić information content (AvgIpc) is 2.82. The average molecular weight is 471 g/mol. The Morgan fingerprint density at radius 2 is 0.788 bits per heavy atom. The predicted molar refractivity (Wildman–Crippen MR) is 132 cm³/mol. The van der Waals surface area contributed by atoms with Gasteiger partial charge < -0.3 is 14.2 Å². The fourth-order valence-electron chi connectivity index (χ4n) is 3.44. The Kier molecular flexibility index (Phi) is 20.0. The number of carbonyl (C=O) groups is 3. The summed E-state index contributed by atoms with van der Waals surface area (Å²) in [6.45, 7) is 8.59. The molecule has 0 fully saturated rings. The number of rotatable bonds is 22. The van der Waals surface area contributed by atoms with Crippen LogP contribution >= 0.6 is 0 Å². The molecule has 6 heteroatoms. The summed E-state index contributed by atoms with van der Waals surface area (Å²) in [5.74, 6) is -0.748. The first-order valence-corrected chi connectivity index (χ1v) is 13.4. The third kappa shape index (κ3) is 17.5. The van der Waals surface area contributed by atoms with E-state index in [1.807, 2.05) is 6.92 Å². The van der Waals surface area contributed by atoms with Crippen LogP contribution in [0.25, 0.3) is 0 Å². The van der Waals surface area contributed by atoms with Gasteiger partial charge in [0.25, 0.3) is 0 Å². The van der Waals surface area contributed by atoms with Crippen molar-refractivity contribution in [3.8, 4) is 0 Å². The minimum atomic E-state index is -0.711. The van der Waals surface area contributed by atoms with Crippen molar-refractivity contribution in [2.75, 3.05) is 19.8 Å². The van der Waals surface area contributed by atoms with E-state index in [9.17, 15) is 14.4 Å². The summed E-state index contributed by atoms with van der Waals surface area (Å²) in [4.78, 5) is 36.6. The van der Waals surface area contributed by atoms with Crippen molar-refractivity contribution in [2.24, 2.45) is 5.41 Å². The number of hydrogen-bond donors (Lipinski definition) is 0. The lowest BCUT2D eigenvalue weighted by Crippen LogP contribution is -2.39. The molecule has 0 aromatic heterocycles. The second-order valence-electron chi connectivity index (χ2n) is 9.27. The highest BCUT2D eigenvalue weighted by molar-refractivity contribution is 5.70. The summed E-state index contributed by atoms with van der Waals surface area (Å²) in [6.07, 6.45) is 13.8. The van der Waals surface area contributed by atoms with Crippen molar-refractivity contribution in [1.29, 1.82) is 0 Å². The molecule has 0 heterocycles. The highest BCUT2D eigenvalue weighted by Gasteiger charge is 2.34. The zero-order chi connectivity index (χ0) is 24.8. The predicted octanol–water partition coefficient (Wildman–Crippen LogP) is 6.92. The molecular formula is C27H50O6. The van der Waals surface area contributed by atoms with Crippen LogP contribution in [0.3, 0.4) is 0 Å². The summed E-state index contributed by atoms with van der Waals surface area (Å²) in [5, 5.41) is 0. The molecule has 0 unspecified atom stereocenters. The summed E-state index contributed by atoms with van der Waals surface area (Å²) in [5.41, 5.74) is -0.711. The topological polar surface area (TPSA) is 78.9 Å². The zero-order valence-electron chi connectivity index (χ0n) is 21.9. The van der Waals surface area contributed by atoms with Gasteiger partial charge in [0.15, 0.2) is 0 Å². The van der Waals surface area contributed by atoms with Crippen molar-refractivity contribution in [3.63, 3.8) is 0 Å². The van der Waals surface area contributed by atoms with Crippen LogP contribution in [0, 0.1) is 5.41 Å². The molecule has 0 rings (SSSR count). The zero-order valence-corrected chi connectivity index (χ0v) is 21.9. The molecule has 0 saturated carbocycles. The van der Waals surface area contributed by atoms with Crippen LogP contribution in [0.5, 0.6) is 0 Å². The fourth-order valence-corrected chi connectivity index (χ4v) is 3.44. The highest BCUT2D eigenvalue weighted by Crippen LogP contribution is 2.25. The van der Waals surface area contributed by atoms with Gasteiger partial charge in [-0.3, -0.25) is 14.4 Å². The molecule has 0 radical (unpaired) electrons. The van der Waals surface area contributed by atoms with Crippen molar-refractivity contribution in [1.82, 2.24) is 0 Å². The Bertz CT molecular complexity index is 447. The van der Waals surface area contributed by atoms with Crippen LogP contribution in [0.1, 0.15) is 130 Å². The van der Waals surface area contributed by atoms with E-state index >= 15 is 0 Å². The number of hydrogen-bond acceptors (Lipinski definition) is 6. The van der Waals surface area contributed by atoms with Crippen molar-refractivity contribution < 1.29 is 28.6 Å². The minimum Gasteiger partial charge on any atom is -0.465 e. The van der Waals surface area contributed by atoms with E-state index in [1.165, 1.54) is 0 Å². The molecule has 0 aliphatic heterocycles. The number of ether oxygens (including phenoxy) is 3. The van der Waals surface area contributed by atoms with Crippen LogP contribution in [0.15, 0.2) is 0 Å². The van der Waals surface area contributed by atoms with Crippen molar-refractivity contribution in [2.45, 2.75) is 130 Å². The number of carbonyl (C=O) groups excluding carboxylic acids is 3. The van der Waals surface area contributed by atoms with Gasteiger partial charge in [0.2, 0.25) is 0 Å². The molecule has 0 bridgehead atoms. The van der Waals surface area contributed by atoms with Gasteiger partial charge in [-0.15, -0.1) is 0 Å². The largest absolute Gasteiger partial charge is 0.465 e. The molecule has 194 valence electrons. The lowest BCUT2D eigenvalue weighted by Gasteiger charge is -2.31. The molecule has 6 nitrogen and oxygen atoms in total. The van der Waals surface area contributed by atoms with Crippen molar-refractivity contribution >= 4 is 17.9 Å². The summed E-state index contributed by atoms with van der Waals surface area (Å²) in [6, 6.07) is 0. The van der Waals surface area contributed by atoms with Gasteiger partial charge in [-0.2, -0.15) is 0 Å². The monoisotopic (exact) mass is 470 g/mol. The first-order valence-electron chi connectivity index (χ1n) is 13.4. The molecule has 0 saturated heterocycles. The number of unbranched alkanes of at least 4 members (excludes halogenated alkanes) is 9. The molecule has 0 aromatic rings. The molecule has 0 atom stereocenters. The quantitative estimate of drug-likeness (QED) is 0.0970. The first-order chi connectivity index (χ1) is 15.9. The van der Waals surface area contributed by atoms with Gasteiger partial charge in [0, 0.05) is 19.3 Å². The molecule has 0 aromatic carbocycles. The SMILES string of the molecule is CCCCCCC(=O)OCC(CC)(COC(=O)CCCCCC)COC(=O)CCCCCC. The van der Waals surface area contributed by atoms with E-state index in [4.69, 9.17) is 14.2 Å². The maximum absolute atomic E-state index is 12.2. The summed E-state index contributed by atoms with van der Waals surface area (Å²) in [7, 11) is 0. The molecule has 0 aliphatic carbocycles. The van der Waals surface area contributed by atoms with E-state index in [-0.39, 0.29) is 37.7 Å². The molecule has 33 heavy (non-hydrogen) atoms. The fraction of sp³-hybridized carbons (Fsp3) is 0.889. The molecule has 0 spiro atoms. The molecule has 0 amide bonds.